The van der Waals surface area contributed by atoms with Gasteiger partial charge < -0.3 is 10.1 Å². The van der Waals surface area contributed by atoms with Gasteiger partial charge in [0.25, 0.3) is 0 Å². The van der Waals surface area contributed by atoms with Gasteiger partial charge in [0.1, 0.15) is 5.00 Å². The molecular formula is C21H18ClNO3S. The van der Waals surface area contributed by atoms with Gasteiger partial charge in [0.2, 0.25) is 5.91 Å². The van der Waals surface area contributed by atoms with Gasteiger partial charge >= 0.3 is 5.97 Å². The van der Waals surface area contributed by atoms with Crippen molar-refractivity contribution >= 4 is 39.8 Å². The molecule has 0 spiro atoms. The maximum atomic E-state index is 12.5. The van der Waals surface area contributed by atoms with E-state index in [1.54, 1.807) is 31.2 Å². The number of ether oxygens (including phenoxy) is 1. The Morgan fingerprint density at radius 1 is 1.07 bits per heavy atom. The summed E-state index contributed by atoms with van der Waals surface area (Å²) in [4.78, 5) is 25.7. The fraction of sp³-hybridized carbons (Fsp3) is 0.143. The summed E-state index contributed by atoms with van der Waals surface area (Å²) in [6.45, 7) is 2.02. The van der Waals surface area contributed by atoms with E-state index in [-0.39, 0.29) is 18.9 Å². The molecule has 0 atom stereocenters. The van der Waals surface area contributed by atoms with Crippen molar-refractivity contribution in [1.82, 2.24) is 0 Å². The zero-order valence-electron chi connectivity index (χ0n) is 14.7. The van der Waals surface area contributed by atoms with E-state index in [9.17, 15) is 9.59 Å². The van der Waals surface area contributed by atoms with E-state index in [0.29, 0.717) is 15.6 Å². The average Bonchev–Trinajstić information content (AvgIpc) is 3.06. The van der Waals surface area contributed by atoms with Crippen LogP contribution in [0.25, 0.3) is 10.4 Å². The Hall–Kier alpha value is -2.63. The number of anilines is 1. The fourth-order valence-corrected chi connectivity index (χ4v) is 3.87. The van der Waals surface area contributed by atoms with E-state index >= 15 is 0 Å². The van der Waals surface area contributed by atoms with Gasteiger partial charge in [-0.15, -0.1) is 11.3 Å². The second-order valence-corrected chi connectivity index (χ2v) is 7.28. The molecule has 1 aromatic heterocycles. The van der Waals surface area contributed by atoms with Crippen molar-refractivity contribution < 1.29 is 14.3 Å². The Labute approximate surface area is 166 Å². The van der Waals surface area contributed by atoms with Crippen LogP contribution in [0.3, 0.4) is 0 Å². The molecule has 0 saturated carbocycles. The van der Waals surface area contributed by atoms with Crippen LogP contribution in [-0.4, -0.2) is 18.5 Å². The molecule has 2 aromatic carbocycles. The summed E-state index contributed by atoms with van der Waals surface area (Å²) in [7, 11) is 0. The minimum atomic E-state index is -0.450. The third-order valence-electron chi connectivity index (χ3n) is 3.79. The third kappa shape index (κ3) is 4.96. The fourth-order valence-electron chi connectivity index (χ4n) is 2.59. The minimum absolute atomic E-state index is 0.168. The zero-order valence-corrected chi connectivity index (χ0v) is 16.3. The predicted molar refractivity (Wildman–Crippen MR) is 109 cm³/mol. The Morgan fingerprint density at radius 3 is 2.56 bits per heavy atom. The number of hydrogen-bond acceptors (Lipinski definition) is 4. The van der Waals surface area contributed by atoms with Crippen molar-refractivity contribution in [1.29, 1.82) is 0 Å². The van der Waals surface area contributed by atoms with E-state index in [2.05, 4.69) is 5.32 Å². The first kappa shape index (κ1) is 19.1. The second-order valence-electron chi connectivity index (χ2n) is 5.79. The molecule has 0 saturated heterocycles. The smallest absolute Gasteiger partial charge is 0.341 e. The highest BCUT2D eigenvalue weighted by atomic mass is 35.5. The summed E-state index contributed by atoms with van der Waals surface area (Å²) >= 11 is 7.32. The lowest BCUT2D eigenvalue weighted by Gasteiger charge is -2.06. The number of carbonyl (C=O) groups is 2. The van der Waals surface area contributed by atoms with Gasteiger partial charge in [0.05, 0.1) is 18.6 Å². The van der Waals surface area contributed by atoms with Crippen LogP contribution in [0.2, 0.25) is 5.02 Å². The monoisotopic (exact) mass is 399 g/mol. The van der Waals surface area contributed by atoms with Crippen molar-refractivity contribution in [3.05, 3.63) is 76.8 Å². The van der Waals surface area contributed by atoms with E-state index in [1.165, 1.54) is 11.3 Å². The summed E-state index contributed by atoms with van der Waals surface area (Å²) < 4.78 is 5.13. The van der Waals surface area contributed by atoms with E-state index < -0.39 is 5.97 Å². The highest BCUT2D eigenvalue weighted by molar-refractivity contribution is 7.20. The third-order valence-corrected chi connectivity index (χ3v) is 5.13. The van der Waals surface area contributed by atoms with Gasteiger partial charge in [0, 0.05) is 9.90 Å². The van der Waals surface area contributed by atoms with Crippen molar-refractivity contribution in [2.75, 3.05) is 11.9 Å². The molecule has 27 heavy (non-hydrogen) atoms. The molecule has 0 aliphatic rings. The molecule has 1 heterocycles. The highest BCUT2D eigenvalue weighted by Gasteiger charge is 2.20. The van der Waals surface area contributed by atoms with Gasteiger partial charge in [-0.3, -0.25) is 4.79 Å². The van der Waals surface area contributed by atoms with Crippen LogP contribution in [0.4, 0.5) is 5.00 Å². The Morgan fingerprint density at radius 2 is 1.85 bits per heavy atom. The molecule has 3 rings (SSSR count). The molecule has 0 radical (unpaired) electrons. The number of nitrogens with one attached hydrogen (secondary N) is 1. The highest BCUT2D eigenvalue weighted by Crippen LogP contribution is 2.36. The van der Waals surface area contributed by atoms with Crippen molar-refractivity contribution in [3.8, 4) is 10.4 Å². The number of thiophene rings is 1. The number of amides is 1. The Kier molecular flexibility index (Phi) is 6.27. The van der Waals surface area contributed by atoms with Gasteiger partial charge in [-0.05, 0) is 36.2 Å². The zero-order chi connectivity index (χ0) is 19.2. The summed E-state index contributed by atoms with van der Waals surface area (Å²) in [6, 6.07) is 18.6. The van der Waals surface area contributed by atoms with E-state index in [0.717, 1.165) is 16.0 Å². The van der Waals surface area contributed by atoms with Gasteiger partial charge in [-0.25, -0.2) is 4.79 Å². The number of benzene rings is 2. The topological polar surface area (TPSA) is 55.4 Å². The number of rotatable bonds is 6. The second kappa shape index (κ2) is 8.84. The first-order chi connectivity index (χ1) is 13.1. The van der Waals surface area contributed by atoms with Crippen LogP contribution in [-0.2, 0) is 16.0 Å². The predicted octanol–water partition coefficient (Wildman–Crippen LogP) is 5.43. The molecule has 0 aliphatic heterocycles. The van der Waals surface area contributed by atoms with Crippen LogP contribution in [0.15, 0.2) is 60.7 Å². The van der Waals surface area contributed by atoms with Crippen LogP contribution in [0.1, 0.15) is 22.8 Å². The largest absolute Gasteiger partial charge is 0.462 e. The lowest BCUT2D eigenvalue weighted by Crippen LogP contribution is -2.16. The summed E-state index contributed by atoms with van der Waals surface area (Å²) in [5, 5.41) is 3.91. The standard InChI is InChI=1S/C21H18ClNO3S/c1-2-26-21(25)17-13-18(15-8-4-3-5-9-15)27-20(17)23-19(24)12-14-7-6-10-16(22)11-14/h3-11,13H,2,12H2,1H3,(H,23,24). The van der Waals surface area contributed by atoms with Crippen LogP contribution in [0.5, 0.6) is 0 Å². The lowest BCUT2D eigenvalue weighted by atomic mass is 10.1. The number of halogens is 1. The molecule has 0 unspecified atom stereocenters. The lowest BCUT2D eigenvalue weighted by molar-refractivity contribution is -0.115. The quantitative estimate of drug-likeness (QED) is 0.562. The molecule has 1 amide bonds. The van der Waals surface area contributed by atoms with Crippen LogP contribution in [0, 0.1) is 0 Å². The average molecular weight is 400 g/mol. The van der Waals surface area contributed by atoms with Crippen molar-refractivity contribution in [2.24, 2.45) is 0 Å². The Bertz CT molecular complexity index is 953. The first-order valence-electron chi connectivity index (χ1n) is 8.47. The summed E-state index contributed by atoms with van der Waals surface area (Å²) in [6.07, 6.45) is 0.168. The van der Waals surface area contributed by atoms with Crippen LogP contribution < -0.4 is 5.32 Å². The molecule has 0 fully saturated rings. The van der Waals surface area contributed by atoms with Crippen LogP contribution >= 0.6 is 22.9 Å². The van der Waals surface area contributed by atoms with E-state index in [4.69, 9.17) is 16.3 Å². The number of carbonyl (C=O) groups excluding carboxylic acids is 2. The molecule has 6 heteroatoms. The first-order valence-corrected chi connectivity index (χ1v) is 9.67. The molecular weight excluding hydrogens is 382 g/mol. The molecule has 1 N–H and O–H groups in total. The van der Waals surface area contributed by atoms with Crippen molar-refractivity contribution in [3.63, 3.8) is 0 Å². The molecule has 138 valence electrons. The molecule has 0 bridgehead atoms. The number of hydrogen-bond donors (Lipinski definition) is 1. The maximum Gasteiger partial charge on any atom is 0.341 e. The SMILES string of the molecule is CCOC(=O)c1cc(-c2ccccc2)sc1NC(=O)Cc1cccc(Cl)c1. The normalized spacial score (nSPS) is 10.4. The van der Waals surface area contributed by atoms with Crippen molar-refractivity contribution in [2.45, 2.75) is 13.3 Å². The summed E-state index contributed by atoms with van der Waals surface area (Å²) in [5.41, 5.74) is 2.14. The molecule has 4 nitrogen and oxygen atoms in total. The Balaban J connectivity index is 1.85. The molecule has 0 aliphatic carbocycles. The van der Waals surface area contributed by atoms with Gasteiger partial charge in [-0.1, -0.05) is 54.1 Å². The maximum absolute atomic E-state index is 12.5. The molecule has 3 aromatic rings. The number of esters is 1. The van der Waals surface area contributed by atoms with Gasteiger partial charge in [0.15, 0.2) is 0 Å². The van der Waals surface area contributed by atoms with E-state index in [1.807, 2.05) is 36.4 Å². The summed E-state index contributed by atoms with van der Waals surface area (Å²) in [5.74, 6) is -0.668. The minimum Gasteiger partial charge on any atom is -0.462 e. The van der Waals surface area contributed by atoms with Gasteiger partial charge in [-0.2, -0.15) is 0 Å².